The van der Waals surface area contributed by atoms with Crippen LogP contribution in [0.3, 0.4) is 0 Å². The van der Waals surface area contributed by atoms with Crippen LogP contribution < -0.4 is 5.32 Å². The molecule has 106 valence electrons. The van der Waals surface area contributed by atoms with Crippen molar-refractivity contribution in [3.8, 4) is 0 Å². The fourth-order valence-corrected chi connectivity index (χ4v) is 1.93. The minimum absolute atomic E-state index is 0.110. The van der Waals surface area contributed by atoms with Crippen molar-refractivity contribution in [2.45, 2.75) is 25.4 Å². The van der Waals surface area contributed by atoms with Crippen LogP contribution in [0.1, 0.15) is 25.5 Å². The van der Waals surface area contributed by atoms with Crippen LogP contribution in [0.5, 0.6) is 0 Å². The van der Waals surface area contributed by atoms with Crippen LogP contribution >= 0.6 is 0 Å². The molecule has 1 unspecified atom stereocenters. The molecule has 2 N–H and O–H groups in total. The SMILES string of the molecule is C=CCCC(=O)NCC(C)(O)c1cc2ccccc2o1. The number of furan rings is 1. The average molecular weight is 273 g/mol. The molecule has 0 aliphatic carbocycles. The number of carbonyl (C=O) groups excluding carboxylic acids is 1. The molecule has 0 aliphatic heterocycles. The van der Waals surface area contributed by atoms with E-state index < -0.39 is 5.60 Å². The van der Waals surface area contributed by atoms with Gasteiger partial charge in [0.25, 0.3) is 0 Å². The highest BCUT2D eigenvalue weighted by molar-refractivity contribution is 5.78. The van der Waals surface area contributed by atoms with Crippen LogP contribution in [-0.4, -0.2) is 17.6 Å². The van der Waals surface area contributed by atoms with Crippen molar-refractivity contribution in [2.75, 3.05) is 6.54 Å². The number of para-hydroxylation sites is 1. The Morgan fingerprint density at radius 3 is 2.95 bits per heavy atom. The molecule has 0 saturated carbocycles. The van der Waals surface area contributed by atoms with Gasteiger partial charge in [0.1, 0.15) is 16.9 Å². The molecule has 2 aromatic rings. The summed E-state index contributed by atoms with van der Waals surface area (Å²) in [6.45, 7) is 5.31. The van der Waals surface area contributed by atoms with Gasteiger partial charge in [0.2, 0.25) is 5.91 Å². The quantitative estimate of drug-likeness (QED) is 0.795. The van der Waals surface area contributed by atoms with Crippen molar-refractivity contribution in [1.29, 1.82) is 0 Å². The first-order valence-corrected chi connectivity index (χ1v) is 6.62. The number of amides is 1. The molecule has 0 aliphatic rings. The second kappa shape index (κ2) is 5.92. The zero-order chi connectivity index (χ0) is 14.6. The van der Waals surface area contributed by atoms with Crippen LogP contribution in [0.2, 0.25) is 0 Å². The fourth-order valence-electron chi connectivity index (χ4n) is 1.93. The first kappa shape index (κ1) is 14.3. The molecule has 0 fully saturated rings. The zero-order valence-corrected chi connectivity index (χ0v) is 11.6. The van der Waals surface area contributed by atoms with Crippen molar-refractivity contribution < 1.29 is 14.3 Å². The monoisotopic (exact) mass is 273 g/mol. The van der Waals surface area contributed by atoms with Gasteiger partial charge in [-0.05, 0) is 25.5 Å². The van der Waals surface area contributed by atoms with E-state index in [1.807, 2.05) is 24.3 Å². The first-order chi connectivity index (χ1) is 9.53. The van der Waals surface area contributed by atoms with Gasteiger partial charge in [-0.25, -0.2) is 0 Å². The number of fused-ring (bicyclic) bond motifs is 1. The van der Waals surface area contributed by atoms with Gasteiger partial charge in [0.15, 0.2) is 0 Å². The third kappa shape index (κ3) is 3.27. The summed E-state index contributed by atoms with van der Waals surface area (Å²) in [4.78, 5) is 11.6. The lowest BCUT2D eigenvalue weighted by atomic mass is 10.0. The van der Waals surface area contributed by atoms with Crippen molar-refractivity contribution in [1.82, 2.24) is 5.32 Å². The largest absolute Gasteiger partial charge is 0.458 e. The number of nitrogens with one attached hydrogen (secondary N) is 1. The maximum Gasteiger partial charge on any atom is 0.220 e. The van der Waals surface area contributed by atoms with E-state index >= 15 is 0 Å². The van der Waals surface area contributed by atoms with Crippen LogP contribution in [-0.2, 0) is 10.4 Å². The fraction of sp³-hybridized carbons (Fsp3) is 0.312. The highest BCUT2D eigenvalue weighted by Crippen LogP contribution is 2.27. The van der Waals surface area contributed by atoms with E-state index in [1.54, 1.807) is 19.1 Å². The summed E-state index contributed by atoms with van der Waals surface area (Å²) in [7, 11) is 0. The molecule has 1 aromatic heterocycles. The Hall–Kier alpha value is -2.07. The summed E-state index contributed by atoms with van der Waals surface area (Å²) in [6.07, 6.45) is 2.69. The predicted molar refractivity (Wildman–Crippen MR) is 78.2 cm³/mol. The van der Waals surface area contributed by atoms with E-state index in [9.17, 15) is 9.90 Å². The summed E-state index contributed by atoms with van der Waals surface area (Å²) in [5.41, 5.74) is -0.510. The second-order valence-electron chi connectivity index (χ2n) is 5.03. The second-order valence-corrected chi connectivity index (χ2v) is 5.03. The molecule has 1 aromatic carbocycles. The molecular formula is C16H19NO3. The molecule has 20 heavy (non-hydrogen) atoms. The molecule has 4 nitrogen and oxygen atoms in total. The number of aliphatic hydroxyl groups is 1. The Labute approximate surface area is 118 Å². The van der Waals surface area contributed by atoms with Crippen molar-refractivity contribution in [3.05, 3.63) is 48.7 Å². The lowest BCUT2D eigenvalue weighted by molar-refractivity contribution is -0.122. The minimum atomic E-state index is -1.23. The Kier molecular flexibility index (Phi) is 4.25. The van der Waals surface area contributed by atoms with Crippen LogP contribution in [0.4, 0.5) is 0 Å². The molecule has 0 saturated heterocycles. The topological polar surface area (TPSA) is 62.5 Å². The van der Waals surface area contributed by atoms with Crippen molar-refractivity contribution in [3.63, 3.8) is 0 Å². The number of rotatable bonds is 6. The normalized spacial score (nSPS) is 13.9. The summed E-state index contributed by atoms with van der Waals surface area (Å²) in [5, 5.41) is 14.1. The minimum Gasteiger partial charge on any atom is -0.458 e. The van der Waals surface area contributed by atoms with Gasteiger partial charge in [-0.3, -0.25) is 4.79 Å². The molecule has 2 rings (SSSR count). The summed E-state index contributed by atoms with van der Waals surface area (Å²) in [5.74, 6) is 0.337. The summed E-state index contributed by atoms with van der Waals surface area (Å²) in [6, 6.07) is 9.35. The highest BCUT2D eigenvalue weighted by atomic mass is 16.4. The lowest BCUT2D eigenvalue weighted by Gasteiger charge is -2.21. The molecular weight excluding hydrogens is 254 g/mol. The number of benzene rings is 1. The lowest BCUT2D eigenvalue weighted by Crippen LogP contribution is -2.38. The molecule has 0 bridgehead atoms. The molecule has 1 amide bonds. The van der Waals surface area contributed by atoms with Crippen molar-refractivity contribution >= 4 is 16.9 Å². The molecule has 1 atom stereocenters. The Bertz CT molecular complexity index is 580. The van der Waals surface area contributed by atoms with Gasteiger partial charge in [-0.1, -0.05) is 24.3 Å². The average Bonchev–Trinajstić information content (AvgIpc) is 2.87. The smallest absolute Gasteiger partial charge is 0.220 e. The standard InChI is InChI=1S/C16H19NO3/c1-3-4-9-15(18)17-11-16(2,19)14-10-12-7-5-6-8-13(12)20-14/h3,5-8,10,19H,1,4,9,11H2,2H3,(H,17,18). The molecule has 0 spiro atoms. The van der Waals surface area contributed by atoms with Crippen LogP contribution in [0, 0.1) is 0 Å². The Morgan fingerprint density at radius 2 is 2.25 bits per heavy atom. The van der Waals surface area contributed by atoms with E-state index in [-0.39, 0.29) is 12.5 Å². The Balaban J connectivity index is 2.05. The number of hydrogen-bond acceptors (Lipinski definition) is 3. The Morgan fingerprint density at radius 1 is 1.50 bits per heavy atom. The number of allylic oxidation sites excluding steroid dienone is 1. The van der Waals surface area contributed by atoms with E-state index in [2.05, 4.69) is 11.9 Å². The van der Waals surface area contributed by atoms with E-state index in [0.717, 1.165) is 11.0 Å². The third-order valence-electron chi connectivity index (χ3n) is 3.16. The van der Waals surface area contributed by atoms with E-state index in [1.165, 1.54) is 0 Å². The van der Waals surface area contributed by atoms with Gasteiger partial charge in [0.05, 0.1) is 6.54 Å². The maximum atomic E-state index is 11.6. The van der Waals surface area contributed by atoms with E-state index in [4.69, 9.17) is 4.42 Å². The third-order valence-corrected chi connectivity index (χ3v) is 3.16. The van der Waals surface area contributed by atoms with Crippen molar-refractivity contribution in [2.24, 2.45) is 0 Å². The molecule has 1 heterocycles. The molecule has 0 radical (unpaired) electrons. The van der Waals surface area contributed by atoms with Crippen LogP contribution in [0.25, 0.3) is 11.0 Å². The highest BCUT2D eigenvalue weighted by Gasteiger charge is 2.27. The first-order valence-electron chi connectivity index (χ1n) is 6.62. The van der Waals surface area contributed by atoms with Gasteiger partial charge >= 0.3 is 0 Å². The van der Waals surface area contributed by atoms with Gasteiger partial charge in [-0.15, -0.1) is 6.58 Å². The maximum absolute atomic E-state index is 11.6. The molecule has 4 heteroatoms. The van der Waals surface area contributed by atoms with Gasteiger partial charge < -0.3 is 14.8 Å². The zero-order valence-electron chi connectivity index (χ0n) is 11.6. The predicted octanol–water partition coefficient (Wildman–Crippen LogP) is 2.72. The summed E-state index contributed by atoms with van der Waals surface area (Å²) < 4.78 is 5.63. The number of hydrogen-bond donors (Lipinski definition) is 2. The number of carbonyl (C=O) groups is 1. The van der Waals surface area contributed by atoms with E-state index in [0.29, 0.717) is 18.6 Å². The van der Waals surface area contributed by atoms with Gasteiger partial charge in [0, 0.05) is 11.8 Å². The summed E-state index contributed by atoms with van der Waals surface area (Å²) >= 11 is 0. The van der Waals surface area contributed by atoms with Gasteiger partial charge in [-0.2, -0.15) is 0 Å². The van der Waals surface area contributed by atoms with Crippen LogP contribution in [0.15, 0.2) is 47.4 Å².